The van der Waals surface area contributed by atoms with Crippen LogP contribution in [0.3, 0.4) is 0 Å². The minimum absolute atomic E-state index is 0.0675. The Morgan fingerprint density at radius 1 is 0.935 bits per heavy atom. The molecule has 1 aromatic carbocycles. The molecule has 7 heteroatoms. The van der Waals surface area contributed by atoms with Gasteiger partial charge in [0.2, 0.25) is 17.7 Å². The molecule has 0 aliphatic carbocycles. The van der Waals surface area contributed by atoms with Crippen molar-refractivity contribution >= 4 is 17.7 Å². The lowest BCUT2D eigenvalue weighted by Crippen LogP contribution is -2.51. The molecule has 31 heavy (non-hydrogen) atoms. The molecule has 0 spiro atoms. The average Bonchev–Trinajstić information content (AvgIpc) is 2.79. The molecule has 0 N–H and O–H groups in total. The van der Waals surface area contributed by atoms with Gasteiger partial charge in [-0.25, -0.2) is 0 Å². The number of carbonyl (C=O) groups is 3. The summed E-state index contributed by atoms with van der Waals surface area (Å²) in [6.07, 6.45) is 3.62. The van der Waals surface area contributed by atoms with Gasteiger partial charge in [0.25, 0.3) is 0 Å². The molecular weight excluding hydrogens is 394 g/mol. The highest BCUT2D eigenvalue weighted by Crippen LogP contribution is 2.15. The van der Waals surface area contributed by atoms with E-state index >= 15 is 0 Å². The van der Waals surface area contributed by atoms with E-state index in [2.05, 4.69) is 13.8 Å². The van der Waals surface area contributed by atoms with E-state index in [9.17, 15) is 14.4 Å². The minimum atomic E-state index is 0.0675. The van der Waals surface area contributed by atoms with Crippen LogP contribution < -0.4 is 4.74 Å². The number of piperazine rings is 1. The lowest BCUT2D eigenvalue weighted by molar-refractivity contribution is -0.139. The molecule has 1 saturated heterocycles. The van der Waals surface area contributed by atoms with Gasteiger partial charge in [-0.2, -0.15) is 0 Å². The Morgan fingerprint density at radius 2 is 1.55 bits per heavy atom. The van der Waals surface area contributed by atoms with Crippen LogP contribution in [0.4, 0.5) is 0 Å². The fourth-order valence-corrected chi connectivity index (χ4v) is 3.88. The largest absolute Gasteiger partial charge is 0.497 e. The Balaban J connectivity index is 1.72. The monoisotopic (exact) mass is 431 g/mol. The van der Waals surface area contributed by atoms with E-state index in [1.54, 1.807) is 7.11 Å². The second kappa shape index (κ2) is 13.0. The normalized spacial score (nSPS) is 13.8. The fourth-order valence-electron chi connectivity index (χ4n) is 3.88. The van der Waals surface area contributed by atoms with E-state index in [1.807, 2.05) is 39.0 Å². The van der Waals surface area contributed by atoms with Crippen LogP contribution in [0.5, 0.6) is 5.75 Å². The number of ether oxygens (including phenoxy) is 1. The van der Waals surface area contributed by atoms with Gasteiger partial charge in [-0.1, -0.05) is 26.0 Å². The van der Waals surface area contributed by atoms with Crippen molar-refractivity contribution in [3.63, 3.8) is 0 Å². The summed E-state index contributed by atoms with van der Waals surface area (Å²) >= 11 is 0. The molecule has 1 heterocycles. The molecule has 1 aliphatic heterocycles. The zero-order chi connectivity index (χ0) is 22.6. The van der Waals surface area contributed by atoms with Gasteiger partial charge in [-0.15, -0.1) is 0 Å². The molecule has 0 bridgehead atoms. The standard InChI is InChI=1S/C24H37N3O4/c1-4-12-25(13-5-2)22(28)10-7-11-23(29)26-14-16-27(17-15-26)24(30)19-20-8-6-9-21(18-20)31-3/h6,8-9,18H,4-5,7,10-17,19H2,1-3H3. The molecule has 2 rings (SSSR count). The smallest absolute Gasteiger partial charge is 0.227 e. The van der Waals surface area contributed by atoms with Crippen molar-refractivity contribution in [2.45, 2.75) is 52.4 Å². The SMILES string of the molecule is CCCN(CCC)C(=O)CCCC(=O)N1CCN(C(=O)Cc2cccc(OC)c2)CC1. The Morgan fingerprint density at radius 3 is 2.13 bits per heavy atom. The summed E-state index contributed by atoms with van der Waals surface area (Å²) in [5, 5.41) is 0. The van der Waals surface area contributed by atoms with Crippen LogP contribution in [0.2, 0.25) is 0 Å². The topological polar surface area (TPSA) is 70.2 Å². The Hall–Kier alpha value is -2.57. The van der Waals surface area contributed by atoms with Crippen molar-refractivity contribution in [1.29, 1.82) is 0 Å². The van der Waals surface area contributed by atoms with Crippen molar-refractivity contribution in [2.75, 3.05) is 46.4 Å². The summed E-state index contributed by atoms with van der Waals surface area (Å²) in [5.41, 5.74) is 0.924. The molecule has 1 aromatic rings. The van der Waals surface area contributed by atoms with Gasteiger partial charge < -0.3 is 19.4 Å². The highest BCUT2D eigenvalue weighted by molar-refractivity contribution is 5.81. The van der Waals surface area contributed by atoms with Crippen LogP contribution in [-0.4, -0.2) is 78.8 Å². The predicted octanol–water partition coefficient (Wildman–Crippen LogP) is 2.73. The van der Waals surface area contributed by atoms with Crippen LogP contribution in [0.1, 0.15) is 51.5 Å². The van der Waals surface area contributed by atoms with Crippen molar-refractivity contribution in [3.8, 4) is 5.75 Å². The number of benzene rings is 1. The lowest BCUT2D eigenvalue weighted by atomic mass is 10.1. The number of amides is 3. The van der Waals surface area contributed by atoms with Gasteiger partial charge >= 0.3 is 0 Å². The van der Waals surface area contributed by atoms with E-state index in [0.29, 0.717) is 51.9 Å². The van der Waals surface area contributed by atoms with E-state index < -0.39 is 0 Å². The summed E-state index contributed by atoms with van der Waals surface area (Å²) in [4.78, 5) is 43.0. The van der Waals surface area contributed by atoms with E-state index in [4.69, 9.17) is 4.74 Å². The maximum atomic E-state index is 12.6. The van der Waals surface area contributed by atoms with Gasteiger partial charge in [-0.3, -0.25) is 14.4 Å². The molecule has 172 valence electrons. The fraction of sp³-hybridized carbons (Fsp3) is 0.625. The van der Waals surface area contributed by atoms with Crippen molar-refractivity contribution in [1.82, 2.24) is 14.7 Å². The summed E-state index contributed by atoms with van der Waals surface area (Å²) < 4.78 is 5.21. The summed E-state index contributed by atoms with van der Waals surface area (Å²) in [5.74, 6) is 1.03. The van der Waals surface area contributed by atoms with Gasteiger partial charge in [0.05, 0.1) is 13.5 Å². The Bertz CT molecular complexity index is 723. The number of carbonyl (C=O) groups excluding carboxylic acids is 3. The summed E-state index contributed by atoms with van der Waals surface area (Å²) in [7, 11) is 1.61. The Labute approximate surface area is 186 Å². The first-order valence-corrected chi connectivity index (χ1v) is 11.4. The van der Waals surface area contributed by atoms with Crippen molar-refractivity contribution < 1.29 is 19.1 Å². The third-order valence-corrected chi connectivity index (χ3v) is 5.60. The third kappa shape index (κ3) is 7.89. The predicted molar refractivity (Wildman–Crippen MR) is 121 cm³/mol. The van der Waals surface area contributed by atoms with Gasteiger partial charge in [0.1, 0.15) is 5.75 Å². The van der Waals surface area contributed by atoms with Crippen LogP contribution >= 0.6 is 0 Å². The molecule has 0 saturated carbocycles. The number of nitrogens with zero attached hydrogens (tertiary/aromatic N) is 3. The number of hydrogen-bond donors (Lipinski definition) is 0. The number of methoxy groups -OCH3 is 1. The maximum absolute atomic E-state index is 12.6. The highest BCUT2D eigenvalue weighted by Gasteiger charge is 2.24. The number of rotatable bonds is 11. The Kier molecular flexibility index (Phi) is 10.3. The molecule has 0 aromatic heterocycles. The van der Waals surface area contributed by atoms with Crippen LogP contribution in [0.15, 0.2) is 24.3 Å². The molecule has 1 aliphatic rings. The first-order valence-electron chi connectivity index (χ1n) is 11.4. The second-order valence-corrected chi connectivity index (χ2v) is 8.02. The summed E-state index contributed by atoms with van der Waals surface area (Å²) in [6, 6.07) is 7.54. The highest BCUT2D eigenvalue weighted by atomic mass is 16.5. The van der Waals surface area contributed by atoms with E-state index in [0.717, 1.165) is 37.2 Å². The molecule has 0 atom stereocenters. The van der Waals surface area contributed by atoms with Crippen LogP contribution in [-0.2, 0) is 20.8 Å². The van der Waals surface area contributed by atoms with Crippen LogP contribution in [0, 0.1) is 0 Å². The molecular formula is C24H37N3O4. The quantitative estimate of drug-likeness (QED) is 0.540. The van der Waals surface area contributed by atoms with Gasteiger partial charge in [-0.05, 0) is 37.0 Å². The second-order valence-electron chi connectivity index (χ2n) is 8.02. The minimum Gasteiger partial charge on any atom is -0.497 e. The third-order valence-electron chi connectivity index (χ3n) is 5.60. The molecule has 3 amide bonds. The molecule has 7 nitrogen and oxygen atoms in total. The molecule has 0 radical (unpaired) electrons. The zero-order valence-corrected chi connectivity index (χ0v) is 19.3. The average molecular weight is 432 g/mol. The van der Waals surface area contributed by atoms with Crippen molar-refractivity contribution in [2.24, 2.45) is 0 Å². The van der Waals surface area contributed by atoms with E-state index in [1.165, 1.54) is 0 Å². The van der Waals surface area contributed by atoms with Crippen molar-refractivity contribution in [3.05, 3.63) is 29.8 Å². The lowest BCUT2D eigenvalue weighted by Gasteiger charge is -2.35. The van der Waals surface area contributed by atoms with Gasteiger partial charge in [0, 0.05) is 52.1 Å². The summed E-state index contributed by atoms with van der Waals surface area (Å²) in [6.45, 7) is 7.91. The zero-order valence-electron chi connectivity index (χ0n) is 19.3. The first-order chi connectivity index (χ1) is 15.0. The van der Waals surface area contributed by atoms with Crippen LogP contribution in [0.25, 0.3) is 0 Å². The molecule has 1 fully saturated rings. The molecule has 0 unspecified atom stereocenters. The van der Waals surface area contributed by atoms with E-state index in [-0.39, 0.29) is 17.7 Å². The maximum Gasteiger partial charge on any atom is 0.227 e. The number of hydrogen-bond acceptors (Lipinski definition) is 4. The van der Waals surface area contributed by atoms with Gasteiger partial charge in [0.15, 0.2) is 0 Å². The first kappa shape index (κ1) is 24.7.